The van der Waals surface area contributed by atoms with Gasteiger partial charge in [0.25, 0.3) is 0 Å². The van der Waals surface area contributed by atoms with Gasteiger partial charge in [-0.1, -0.05) is 42.3 Å². The maximum Gasteiger partial charge on any atom is 0.228 e. The molecule has 0 bridgehead atoms. The van der Waals surface area contributed by atoms with Gasteiger partial charge in [0, 0.05) is 17.2 Å². The van der Waals surface area contributed by atoms with Crippen molar-refractivity contribution in [3.8, 4) is 12.3 Å². The van der Waals surface area contributed by atoms with E-state index in [-0.39, 0.29) is 28.7 Å². The van der Waals surface area contributed by atoms with Gasteiger partial charge in [0.1, 0.15) is 5.84 Å². The number of nitrogens with zero attached hydrogens (tertiary/aromatic N) is 2. The van der Waals surface area contributed by atoms with Crippen LogP contribution in [0.2, 0.25) is 0 Å². The molecule has 0 radical (unpaired) electrons. The van der Waals surface area contributed by atoms with Gasteiger partial charge in [-0.3, -0.25) is 4.99 Å². The molecule has 3 rings (SSSR count). The van der Waals surface area contributed by atoms with Crippen LogP contribution < -0.4 is 5.32 Å². The Morgan fingerprint density at radius 2 is 1.63 bits per heavy atom. The number of benzene rings is 2. The highest BCUT2D eigenvalue weighted by atomic mass is 32.3. The molecule has 11 heteroatoms. The Labute approximate surface area is 210 Å². The normalized spacial score (nSPS) is 12.4. The van der Waals surface area contributed by atoms with Crippen molar-refractivity contribution in [1.29, 1.82) is 0 Å². The van der Waals surface area contributed by atoms with Gasteiger partial charge in [-0.05, 0) is 31.2 Å². The zero-order valence-electron chi connectivity index (χ0n) is 19.1. The van der Waals surface area contributed by atoms with Crippen molar-refractivity contribution in [3.05, 3.63) is 78.4 Å². The minimum Gasteiger partial charge on any atom is -0.361 e. The van der Waals surface area contributed by atoms with Crippen LogP contribution in [0.25, 0.3) is 0 Å². The number of nitrogens with one attached hydrogen (secondary N) is 2. The lowest BCUT2D eigenvalue weighted by molar-refractivity contribution is 0.583. The second kappa shape index (κ2) is 12.1. The molecule has 1 heterocycles. The summed E-state index contributed by atoms with van der Waals surface area (Å²) in [5, 5.41) is 2.76. The topological polar surface area (TPSA) is 121 Å². The number of amidine groups is 1. The quantitative estimate of drug-likeness (QED) is 0.169. The minimum atomic E-state index is -4.39. The summed E-state index contributed by atoms with van der Waals surface area (Å²) in [5.74, 6) is 3.33. The molecule has 35 heavy (non-hydrogen) atoms. The lowest BCUT2D eigenvalue weighted by Crippen LogP contribution is -2.45. The Morgan fingerprint density at radius 1 is 1.06 bits per heavy atom. The van der Waals surface area contributed by atoms with Gasteiger partial charge in [0.2, 0.25) is 24.3 Å². The highest BCUT2D eigenvalue weighted by Gasteiger charge is 2.44. The zero-order chi connectivity index (χ0) is 25.3. The minimum absolute atomic E-state index is 0.0798. The number of hydrogen-bond donors (Lipinski definition) is 2. The number of aromatic nitrogens is 2. The van der Waals surface area contributed by atoms with E-state index in [1.165, 1.54) is 24.3 Å². The Bertz CT molecular complexity index is 1330. The van der Waals surface area contributed by atoms with Crippen LogP contribution in [0, 0.1) is 19.3 Å². The summed E-state index contributed by atoms with van der Waals surface area (Å²) >= 11 is 1.55. The molecule has 0 aliphatic carbocycles. The molecule has 0 unspecified atom stereocenters. The Morgan fingerprint density at radius 3 is 2.11 bits per heavy atom. The molecule has 0 saturated carbocycles. The van der Waals surface area contributed by atoms with E-state index in [0.717, 1.165) is 11.4 Å². The molecule has 0 aliphatic heterocycles. The van der Waals surface area contributed by atoms with Crippen molar-refractivity contribution < 1.29 is 16.8 Å². The predicted molar refractivity (Wildman–Crippen MR) is 140 cm³/mol. The van der Waals surface area contributed by atoms with E-state index in [2.05, 4.69) is 26.2 Å². The lowest BCUT2D eigenvalue weighted by Gasteiger charge is -2.21. The monoisotopic (exact) mass is 530 g/mol. The van der Waals surface area contributed by atoms with Crippen LogP contribution in [-0.4, -0.2) is 56.1 Å². The fourth-order valence-corrected chi connectivity index (χ4v) is 8.54. The molecule has 3 aromatic rings. The second-order valence-electron chi connectivity index (χ2n) is 7.40. The van der Waals surface area contributed by atoms with Gasteiger partial charge in [-0.25, -0.2) is 21.8 Å². The van der Waals surface area contributed by atoms with Crippen LogP contribution in [0.5, 0.6) is 0 Å². The number of aromatic amines is 1. The molecular weight excluding hydrogens is 504 g/mol. The van der Waals surface area contributed by atoms with E-state index >= 15 is 0 Å². The smallest absolute Gasteiger partial charge is 0.228 e. The fourth-order valence-electron chi connectivity index (χ4n) is 3.22. The summed E-state index contributed by atoms with van der Waals surface area (Å²) in [6.45, 7) is 2.03. The number of terminal acetylenes is 1. The van der Waals surface area contributed by atoms with Crippen LogP contribution in [0.15, 0.2) is 81.8 Å². The summed E-state index contributed by atoms with van der Waals surface area (Å²) in [6.07, 6.45) is 7.01. The molecule has 0 fully saturated rings. The Kier molecular flexibility index (Phi) is 9.14. The number of imidazole rings is 1. The van der Waals surface area contributed by atoms with Crippen LogP contribution in [0.4, 0.5) is 0 Å². The first-order valence-electron chi connectivity index (χ1n) is 10.6. The highest BCUT2D eigenvalue weighted by Crippen LogP contribution is 2.26. The molecular formula is C24H26N4O4S3. The number of aliphatic imine (C=N–C) groups is 1. The number of sulfone groups is 2. The van der Waals surface area contributed by atoms with Crippen LogP contribution in [0.3, 0.4) is 0 Å². The first-order chi connectivity index (χ1) is 16.8. The third-order valence-corrected chi connectivity index (χ3v) is 10.9. The van der Waals surface area contributed by atoms with Crippen molar-refractivity contribution in [2.24, 2.45) is 4.99 Å². The molecule has 0 saturated heterocycles. The summed E-state index contributed by atoms with van der Waals surface area (Å²) in [5.41, 5.74) is 1.89. The molecule has 8 nitrogen and oxygen atoms in total. The van der Waals surface area contributed by atoms with Crippen LogP contribution in [-0.2, 0) is 25.4 Å². The molecule has 184 valence electrons. The lowest BCUT2D eigenvalue weighted by atomic mass is 10.4. The van der Waals surface area contributed by atoms with Crippen molar-refractivity contribution in [1.82, 2.24) is 15.3 Å². The van der Waals surface area contributed by atoms with E-state index in [9.17, 15) is 16.8 Å². The first-order valence-corrected chi connectivity index (χ1v) is 14.9. The predicted octanol–water partition coefficient (Wildman–Crippen LogP) is 2.85. The van der Waals surface area contributed by atoms with Gasteiger partial charge >= 0.3 is 0 Å². The van der Waals surface area contributed by atoms with E-state index < -0.39 is 24.3 Å². The number of hydrogen-bond acceptors (Lipinski definition) is 7. The van der Waals surface area contributed by atoms with Gasteiger partial charge in [-0.15, -0.1) is 6.42 Å². The number of rotatable bonds is 11. The van der Waals surface area contributed by atoms with Gasteiger partial charge in [-0.2, -0.15) is 11.8 Å². The van der Waals surface area contributed by atoms with E-state index in [4.69, 9.17) is 6.42 Å². The largest absolute Gasteiger partial charge is 0.361 e. The molecule has 0 atom stereocenters. The van der Waals surface area contributed by atoms with Crippen LogP contribution in [0.1, 0.15) is 11.4 Å². The molecule has 0 amide bonds. The maximum atomic E-state index is 13.7. The van der Waals surface area contributed by atoms with E-state index in [0.29, 0.717) is 11.5 Å². The van der Waals surface area contributed by atoms with E-state index in [1.807, 2.05) is 6.92 Å². The average molecular weight is 531 g/mol. The Balaban J connectivity index is 1.97. The van der Waals surface area contributed by atoms with Crippen molar-refractivity contribution in [2.75, 3.05) is 18.8 Å². The van der Waals surface area contributed by atoms with Gasteiger partial charge < -0.3 is 10.3 Å². The zero-order valence-corrected chi connectivity index (χ0v) is 21.5. The summed E-state index contributed by atoms with van der Waals surface area (Å²) in [4.78, 5) is 11.4. The summed E-state index contributed by atoms with van der Waals surface area (Å²) in [7, 11) is -8.78. The summed E-state index contributed by atoms with van der Waals surface area (Å²) < 4.78 is 52.7. The van der Waals surface area contributed by atoms with Gasteiger partial charge in [0.15, 0.2) is 0 Å². The molecule has 0 spiro atoms. The first kappa shape index (κ1) is 26.5. The Hall–Kier alpha value is -3.07. The number of thioether (sulfide) groups is 1. The SMILES string of the molecule is C#CCNC(=NCCSCc1nc[nH]c1C)C(S(=O)(=O)c1ccccc1)S(=O)(=O)c1ccccc1. The van der Waals surface area contributed by atoms with Crippen LogP contribution >= 0.6 is 11.8 Å². The molecule has 2 N–H and O–H groups in total. The van der Waals surface area contributed by atoms with E-state index in [1.54, 1.807) is 54.5 Å². The van der Waals surface area contributed by atoms with Crippen molar-refractivity contribution in [2.45, 2.75) is 27.0 Å². The highest BCUT2D eigenvalue weighted by molar-refractivity contribution is 8.10. The standard InChI is InChI=1S/C24H26N4O4S3/c1-3-14-25-23(26-15-16-33-17-22-19(2)27-18-28-22)24(34(29,30)20-10-6-4-7-11-20)35(31,32)21-12-8-5-9-13-21/h1,4-13,18,24H,14-17H2,2H3,(H,25,26)(H,27,28). The molecule has 2 aromatic carbocycles. The number of H-pyrrole nitrogens is 1. The molecule has 0 aliphatic rings. The average Bonchev–Trinajstić information content (AvgIpc) is 3.27. The summed E-state index contributed by atoms with van der Waals surface area (Å²) in [6, 6.07) is 14.9. The van der Waals surface area contributed by atoms with Gasteiger partial charge in [0.05, 0.1) is 34.9 Å². The molecule has 1 aromatic heterocycles. The third kappa shape index (κ3) is 6.54. The second-order valence-corrected chi connectivity index (χ2v) is 12.9. The number of aryl methyl sites for hydroxylation is 1. The van der Waals surface area contributed by atoms with Crippen molar-refractivity contribution in [3.63, 3.8) is 0 Å². The third-order valence-electron chi connectivity index (χ3n) is 4.99. The van der Waals surface area contributed by atoms with Crippen molar-refractivity contribution >= 4 is 37.3 Å². The maximum absolute atomic E-state index is 13.7. The fraction of sp³-hybridized carbons (Fsp3) is 0.250.